The molecule has 0 spiro atoms. The molecule has 1 heterocycles. The molecular weight excluding hydrogens is 221 g/mol. The number of hydrogen-bond acceptors (Lipinski definition) is 3. The molecule has 0 radical (unpaired) electrons. The molecule has 1 aromatic heterocycles. The average Bonchev–Trinajstić information content (AvgIpc) is 2.19. The Kier molecular flexibility index (Phi) is 4.28. The zero-order valence-electron chi connectivity index (χ0n) is 8.66. The van der Waals surface area contributed by atoms with Crippen molar-refractivity contribution in [3.05, 3.63) is 23.9 Å². The van der Waals surface area contributed by atoms with Crippen LogP contribution in [0.25, 0.3) is 0 Å². The molecule has 0 saturated heterocycles. The van der Waals surface area contributed by atoms with E-state index < -0.39 is 12.7 Å². The highest BCUT2D eigenvalue weighted by molar-refractivity contribution is 5.79. The Morgan fingerprint density at radius 1 is 1.44 bits per heavy atom. The summed E-state index contributed by atoms with van der Waals surface area (Å²) in [6.07, 6.45) is -1.73. The maximum Gasteiger partial charge on any atom is 0.407 e. The van der Waals surface area contributed by atoms with Crippen LogP contribution < -0.4 is 4.74 Å². The van der Waals surface area contributed by atoms with E-state index in [1.165, 1.54) is 6.20 Å². The van der Waals surface area contributed by atoms with Crippen molar-refractivity contribution < 1.29 is 17.9 Å². The number of nitrogens with zero attached hydrogens (tertiary/aromatic N) is 2. The van der Waals surface area contributed by atoms with Crippen LogP contribution in [0.15, 0.2) is 23.3 Å². The van der Waals surface area contributed by atoms with Gasteiger partial charge < -0.3 is 4.74 Å². The van der Waals surface area contributed by atoms with Crippen LogP contribution in [0.5, 0.6) is 5.88 Å². The molecule has 0 N–H and O–H groups in total. The largest absolute Gasteiger partial charge is 0.478 e. The van der Waals surface area contributed by atoms with Crippen LogP contribution in [0.1, 0.15) is 12.5 Å². The van der Waals surface area contributed by atoms with Gasteiger partial charge in [-0.05, 0) is 13.0 Å². The molecule has 0 saturated carbocycles. The highest BCUT2D eigenvalue weighted by atomic mass is 19.4. The third-order valence-electron chi connectivity index (χ3n) is 1.56. The fourth-order valence-electron chi connectivity index (χ4n) is 0.956. The lowest BCUT2D eigenvalue weighted by molar-refractivity contribution is -0.118. The molecule has 6 heteroatoms. The summed E-state index contributed by atoms with van der Waals surface area (Å²) in [5.74, 6) is 0.440. The maximum atomic E-state index is 11.8. The molecule has 0 aromatic carbocycles. The van der Waals surface area contributed by atoms with Gasteiger partial charge in [-0.25, -0.2) is 4.98 Å². The number of pyridine rings is 1. The van der Waals surface area contributed by atoms with Crippen molar-refractivity contribution in [2.75, 3.05) is 13.2 Å². The van der Waals surface area contributed by atoms with Crippen LogP contribution in [0.3, 0.4) is 0 Å². The van der Waals surface area contributed by atoms with Gasteiger partial charge in [0.05, 0.1) is 6.61 Å². The summed E-state index contributed by atoms with van der Waals surface area (Å²) in [7, 11) is 0. The summed E-state index contributed by atoms with van der Waals surface area (Å²) in [5.41, 5.74) is 0.507. The number of alkyl halides is 3. The molecule has 0 aliphatic carbocycles. The number of aromatic nitrogens is 1. The summed E-state index contributed by atoms with van der Waals surface area (Å²) < 4.78 is 40.4. The predicted octanol–water partition coefficient (Wildman–Crippen LogP) is 2.46. The van der Waals surface area contributed by atoms with Crippen LogP contribution in [0.4, 0.5) is 13.2 Å². The number of hydrogen-bond donors (Lipinski definition) is 0. The summed E-state index contributed by atoms with van der Waals surface area (Å²) >= 11 is 0. The molecule has 16 heavy (non-hydrogen) atoms. The minimum Gasteiger partial charge on any atom is -0.478 e. The second-order valence-electron chi connectivity index (χ2n) is 2.95. The molecule has 0 aliphatic rings. The fourth-order valence-corrected chi connectivity index (χ4v) is 0.956. The third kappa shape index (κ3) is 4.77. The number of aliphatic imine (C=N–C) groups is 1. The van der Waals surface area contributed by atoms with Gasteiger partial charge in [-0.1, -0.05) is 0 Å². The molecule has 0 atom stereocenters. The third-order valence-corrected chi connectivity index (χ3v) is 1.56. The van der Waals surface area contributed by atoms with Crippen molar-refractivity contribution in [2.45, 2.75) is 13.1 Å². The monoisotopic (exact) mass is 232 g/mol. The first-order valence-electron chi connectivity index (χ1n) is 4.66. The Morgan fingerprint density at radius 2 is 2.19 bits per heavy atom. The molecule has 0 unspecified atom stereocenters. The summed E-state index contributed by atoms with van der Waals surface area (Å²) in [4.78, 5) is 7.15. The van der Waals surface area contributed by atoms with Gasteiger partial charge in [0.2, 0.25) is 5.88 Å². The molecular formula is C10H11F3N2O. The predicted molar refractivity (Wildman–Crippen MR) is 53.9 cm³/mol. The van der Waals surface area contributed by atoms with Gasteiger partial charge in [-0.2, -0.15) is 13.2 Å². The van der Waals surface area contributed by atoms with Gasteiger partial charge in [0.25, 0.3) is 0 Å². The molecule has 1 rings (SSSR count). The van der Waals surface area contributed by atoms with E-state index in [1.807, 2.05) is 6.92 Å². The van der Waals surface area contributed by atoms with Crippen molar-refractivity contribution in [3.8, 4) is 5.88 Å². The number of rotatable bonds is 4. The van der Waals surface area contributed by atoms with E-state index in [-0.39, 0.29) is 0 Å². The Morgan fingerprint density at radius 3 is 2.69 bits per heavy atom. The lowest BCUT2D eigenvalue weighted by Crippen LogP contribution is -2.11. The zero-order chi connectivity index (χ0) is 12.0. The molecule has 88 valence electrons. The highest BCUT2D eigenvalue weighted by Crippen LogP contribution is 2.14. The standard InChI is InChI=1S/C10H11F3N2O/c1-2-16-9-4-3-8(6-15-9)5-14-7-10(11,12)13/h3-6H,2,7H2,1H3/b14-5+. The first kappa shape index (κ1) is 12.5. The normalized spacial score (nSPS) is 12.0. The van der Waals surface area contributed by atoms with E-state index >= 15 is 0 Å². The van der Waals surface area contributed by atoms with E-state index in [0.717, 1.165) is 6.21 Å². The van der Waals surface area contributed by atoms with Crippen molar-refractivity contribution in [2.24, 2.45) is 4.99 Å². The van der Waals surface area contributed by atoms with Gasteiger partial charge >= 0.3 is 6.18 Å². The lowest BCUT2D eigenvalue weighted by Gasteiger charge is -2.01. The van der Waals surface area contributed by atoms with Gasteiger partial charge in [0.15, 0.2) is 0 Å². The zero-order valence-corrected chi connectivity index (χ0v) is 8.66. The van der Waals surface area contributed by atoms with Crippen molar-refractivity contribution in [1.29, 1.82) is 0 Å². The van der Waals surface area contributed by atoms with Crippen molar-refractivity contribution in [3.63, 3.8) is 0 Å². The number of ether oxygens (including phenoxy) is 1. The van der Waals surface area contributed by atoms with E-state index in [4.69, 9.17) is 4.74 Å². The lowest BCUT2D eigenvalue weighted by atomic mass is 10.3. The first-order chi connectivity index (χ1) is 7.51. The van der Waals surface area contributed by atoms with Crippen LogP contribution in [-0.4, -0.2) is 30.5 Å². The van der Waals surface area contributed by atoms with Crippen LogP contribution >= 0.6 is 0 Å². The van der Waals surface area contributed by atoms with E-state index in [2.05, 4.69) is 9.98 Å². The van der Waals surface area contributed by atoms with Gasteiger partial charge in [-0.3, -0.25) is 4.99 Å². The Labute approximate surface area is 91.0 Å². The summed E-state index contributed by atoms with van der Waals surface area (Å²) in [6, 6.07) is 3.18. The smallest absolute Gasteiger partial charge is 0.407 e. The SMILES string of the molecule is CCOc1ccc(/C=N/CC(F)(F)F)cn1. The van der Waals surface area contributed by atoms with Gasteiger partial charge in [0.1, 0.15) is 6.54 Å². The fraction of sp³-hybridized carbons (Fsp3) is 0.400. The summed E-state index contributed by atoms with van der Waals surface area (Å²) in [5, 5.41) is 0. The van der Waals surface area contributed by atoms with Gasteiger partial charge in [0, 0.05) is 24.0 Å². The minimum absolute atomic E-state index is 0.440. The van der Waals surface area contributed by atoms with Crippen LogP contribution in [0.2, 0.25) is 0 Å². The van der Waals surface area contributed by atoms with Crippen molar-refractivity contribution >= 4 is 6.21 Å². The molecule has 0 aliphatic heterocycles. The van der Waals surface area contributed by atoms with Crippen molar-refractivity contribution in [1.82, 2.24) is 4.98 Å². The molecule has 0 fully saturated rings. The van der Waals surface area contributed by atoms with E-state index in [0.29, 0.717) is 18.1 Å². The number of halogens is 3. The molecule has 1 aromatic rings. The highest BCUT2D eigenvalue weighted by Gasteiger charge is 2.25. The van der Waals surface area contributed by atoms with Crippen LogP contribution in [0, 0.1) is 0 Å². The Hall–Kier alpha value is -1.59. The summed E-state index contributed by atoms with van der Waals surface area (Å²) in [6.45, 7) is 1.13. The second kappa shape index (κ2) is 5.48. The quantitative estimate of drug-likeness (QED) is 0.747. The maximum absolute atomic E-state index is 11.8. The average molecular weight is 232 g/mol. The molecule has 0 amide bonds. The van der Waals surface area contributed by atoms with E-state index in [9.17, 15) is 13.2 Å². The topological polar surface area (TPSA) is 34.5 Å². The van der Waals surface area contributed by atoms with E-state index in [1.54, 1.807) is 12.1 Å². The van der Waals surface area contributed by atoms with Crippen LogP contribution in [-0.2, 0) is 0 Å². The first-order valence-corrected chi connectivity index (χ1v) is 4.66. The Balaban J connectivity index is 2.55. The Bertz CT molecular complexity index is 346. The molecule has 0 bridgehead atoms. The van der Waals surface area contributed by atoms with Gasteiger partial charge in [-0.15, -0.1) is 0 Å². The molecule has 3 nitrogen and oxygen atoms in total. The second-order valence-corrected chi connectivity index (χ2v) is 2.95. The minimum atomic E-state index is -4.27.